The maximum Gasteiger partial charge on any atom is 0.107 e. The summed E-state index contributed by atoms with van der Waals surface area (Å²) in [6, 6.07) is 2.02. The lowest BCUT2D eigenvalue weighted by Crippen LogP contribution is -2.13. The average molecular weight is 345 g/mol. The smallest absolute Gasteiger partial charge is 0.107 e. The molecular formula is C8H8Br2ClNS. The third-order valence-corrected chi connectivity index (χ3v) is 4.07. The van der Waals surface area contributed by atoms with E-state index in [0.717, 1.165) is 26.4 Å². The Bertz CT molecular complexity index is 292. The van der Waals surface area contributed by atoms with Gasteiger partial charge in [0.25, 0.3) is 0 Å². The van der Waals surface area contributed by atoms with Gasteiger partial charge in [-0.25, -0.2) is 0 Å². The van der Waals surface area contributed by atoms with Crippen LogP contribution in [0.3, 0.4) is 0 Å². The molecule has 5 heteroatoms. The van der Waals surface area contributed by atoms with E-state index in [1.165, 1.54) is 4.88 Å². The third-order valence-electron chi connectivity index (χ3n) is 1.31. The van der Waals surface area contributed by atoms with Gasteiger partial charge in [0.15, 0.2) is 0 Å². The van der Waals surface area contributed by atoms with Crippen molar-refractivity contribution < 1.29 is 0 Å². The van der Waals surface area contributed by atoms with Crippen molar-refractivity contribution in [1.82, 2.24) is 5.32 Å². The van der Waals surface area contributed by atoms with Crippen molar-refractivity contribution in [2.45, 2.75) is 6.54 Å². The number of thiophene rings is 1. The lowest BCUT2D eigenvalue weighted by molar-refractivity contribution is 0.767. The largest absolute Gasteiger partial charge is 0.307 e. The second-order valence-corrected chi connectivity index (χ2v) is 6.17. The van der Waals surface area contributed by atoms with Crippen molar-refractivity contribution in [2.24, 2.45) is 0 Å². The first-order valence-electron chi connectivity index (χ1n) is 3.57. The van der Waals surface area contributed by atoms with E-state index in [9.17, 15) is 0 Å². The van der Waals surface area contributed by atoms with E-state index >= 15 is 0 Å². The zero-order chi connectivity index (χ0) is 9.84. The molecule has 0 unspecified atom stereocenters. The molecule has 0 saturated carbocycles. The predicted molar refractivity (Wildman–Crippen MR) is 66.8 cm³/mol. The van der Waals surface area contributed by atoms with Crippen LogP contribution in [-0.2, 0) is 6.54 Å². The highest BCUT2D eigenvalue weighted by Crippen LogP contribution is 2.31. The van der Waals surface area contributed by atoms with E-state index in [1.54, 1.807) is 11.3 Å². The summed E-state index contributed by atoms with van der Waals surface area (Å²) in [5.41, 5.74) is 0. The fraction of sp³-hybridized carbons (Fsp3) is 0.250. The molecule has 0 saturated heterocycles. The number of hydrogen-bond donors (Lipinski definition) is 1. The van der Waals surface area contributed by atoms with Crippen LogP contribution in [-0.4, -0.2) is 6.54 Å². The van der Waals surface area contributed by atoms with Crippen LogP contribution in [0.2, 0.25) is 4.34 Å². The highest BCUT2D eigenvalue weighted by molar-refractivity contribution is 9.11. The van der Waals surface area contributed by atoms with Gasteiger partial charge in [0.2, 0.25) is 0 Å². The first kappa shape index (κ1) is 11.7. The molecule has 1 rings (SSSR count). The monoisotopic (exact) mass is 343 g/mol. The molecule has 0 amide bonds. The van der Waals surface area contributed by atoms with Crippen molar-refractivity contribution in [3.63, 3.8) is 0 Å². The summed E-state index contributed by atoms with van der Waals surface area (Å²) in [7, 11) is 0. The van der Waals surface area contributed by atoms with Gasteiger partial charge in [-0.05, 0) is 22.0 Å². The Balaban J connectivity index is 2.41. The van der Waals surface area contributed by atoms with Crippen LogP contribution < -0.4 is 5.32 Å². The summed E-state index contributed by atoms with van der Waals surface area (Å²) >= 11 is 14.1. The molecule has 0 aliphatic rings. The summed E-state index contributed by atoms with van der Waals surface area (Å²) in [6.07, 6.45) is 0. The van der Waals surface area contributed by atoms with Crippen LogP contribution in [0.25, 0.3) is 0 Å². The average Bonchev–Trinajstić information content (AvgIpc) is 2.30. The standard InChI is InChI=1S/C8H8Br2ClNS/c1-5(9)3-12-4-6-2-7(10)8(11)13-6/h2,12H,1,3-4H2. The molecule has 0 radical (unpaired) electrons. The second-order valence-electron chi connectivity index (χ2n) is 2.46. The molecule has 72 valence electrons. The van der Waals surface area contributed by atoms with Crippen molar-refractivity contribution >= 4 is 54.8 Å². The summed E-state index contributed by atoms with van der Waals surface area (Å²) in [5, 5.41) is 3.23. The van der Waals surface area contributed by atoms with Crippen LogP contribution in [0.5, 0.6) is 0 Å². The zero-order valence-electron chi connectivity index (χ0n) is 6.74. The lowest BCUT2D eigenvalue weighted by atomic mass is 10.4. The Morgan fingerprint density at radius 2 is 2.38 bits per heavy atom. The van der Waals surface area contributed by atoms with E-state index in [2.05, 4.69) is 43.8 Å². The van der Waals surface area contributed by atoms with Crippen molar-refractivity contribution in [3.8, 4) is 0 Å². The van der Waals surface area contributed by atoms with E-state index < -0.39 is 0 Å². The molecular weight excluding hydrogens is 337 g/mol. The molecule has 13 heavy (non-hydrogen) atoms. The van der Waals surface area contributed by atoms with Crippen molar-refractivity contribution in [1.29, 1.82) is 0 Å². The number of nitrogens with one attached hydrogen (secondary N) is 1. The van der Waals surface area contributed by atoms with Gasteiger partial charge in [0.1, 0.15) is 4.34 Å². The van der Waals surface area contributed by atoms with Gasteiger partial charge in [-0.15, -0.1) is 11.3 Å². The van der Waals surface area contributed by atoms with Gasteiger partial charge in [-0.3, -0.25) is 0 Å². The molecule has 0 bridgehead atoms. The maximum absolute atomic E-state index is 5.89. The van der Waals surface area contributed by atoms with Gasteiger partial charge in [0, 0.05) is 26.9 Å². The van der Waals surface area contributed by atoms with E-state index in [0.29, 0.717) is 0 Å². The number of hydrogen-bond acceptors (Lipinski definition) is 2. The third kappa shape index (κ3) is 4.13. The van der Waals surface area contributed by atoms with Gasteiger partial charge in [-0.2, -0.15) is 0 Å². The van der Waals surface area contributed by atoms with Crippen LogP contribution in [0, 0.1) is 0 Å². The number of rotatable bonds is 4. The molecule has 0 fully saturated rings. The van der Waals surface area contributed by atoms with Gasteiger partial charge >= 0.3 is 0 Å². The second kappa shape index (κ2) is 5.51. The van der Waals surface area contributed by atoms with Gasteiger partial charge < -0.3 is 5.32 Å². The maximum atomic E-state index is 5.89. The highest BCUT2D eigenvalue weighted by atomic mass is 79.9. The molecule has 0 aromatic carbocycles. The van der Waals surface area contributed by atoms with Crippen molar-refractivity contribution in [2.75, 3.05) is 6.54 Å². The highest BCUT2D eigenvalue weighted by Gasteiger charge is 2.03. The summed E-state index contributed by atoms with van der Waals surface area (Å²) in [5.74, 6) is 0. The SMILES string of the molecule is C=C(Br)CNCc1cc(Br)c(Cl)s1. The molecule has 0 aliphatic carbocycles. The van der Waals surface area contributed by atoms with E-state index in [1.807, 2.05) is 6.07 Å². The van der Waals surface area contributed by atoms with E-state index in [4.69, 9.17) is 11.6 Å². The van der Waals surface area contributed by atoms with Gasteiger partial charge in [-0.1, -0.05) is 34.1 Å². The fourth-order valence-corrected chi connectivity index (χ4v) is 2.76. The van der Waals surface area contributed by atoms with Gasteiger partial charge in [0.05, 0.1) is 0 Å². The summed E-state index contributed by atoms with van der Waals surface area (Å²) in [6.45, 7) is 5.32. The normalized spacial score (nSPS) is 10.4. The topological polar surface area (TPSA) is 12.0 Å². The fourth-order valence-electron chi connectivity index (χ4n) is 0.800. The molecule has 1 N–H and O–H groups in total. The summed E-state index contributed by atoms with van der Waals surface area (Å²) in [4.78, 5) is 1.21. The molecule has 1 aromatic heterocycles. The minimum absolute atomic E-state index is 0.771. The molecule has 0 aliphatic heterocycles. The predicted octanol–water partition coefficient (Wildman–Crippen LogP) is 4.16. The van der Waals surface area contributed by atoms with Crippen LogP contribution in [0.1, 0.15) is 4.88 Å². The molecule has 1 heterocycles. The Morgan fingerprint density at radius 1 is 1.69 bits per heavy atom. The Labute approximate surface area is 103 Å². The first-order chi connectivity index (χ1) is 6.09. The zero-order valence-corrected chi connectivity index (χ0v) is 11.5. The minimum atomic E-state index is 0.771. The Morgan fingerprint density at radius 3 is 2.85 bits per heavy atom. The first-order valence-corrected chi connectivity index (χ1v) is 6.35. The van der Waals surface area contributed by atoms with Crippen LogP contribution >= 0.6 is 54.8 Å². The minimum Gasteiger partial charge on any atom is -0.307 e. The summed E-state index contributed by atoms with van der Waals surface area (Å²) < 4.78 is 2.72. The van der Waals surface area contributed by atoms with E-state index in [-0.39, 0.29) is 0 Å². The molecule has 0 spiro atoms. The Hall–Kier alpha value is 0.650. The molecule has 1 nitrogen and oxygen atoms in total. The quantitative estimate of drug-likeness (QED) is 0.864. The lowest BCUT2D eigenvalue weighted by Gasteiger charge is -1.99. The van der Waals surface area contributed by atoms with Crippen molar-refractivity contribution in [3.05, 3.63) is 30.8 Å². The number of halogens is 3. The molecule has 0 atom stereocenters. The van der Waals surface area contributed by atoms with Crippen LogP contribution in [0.4, 0.5) is 0 Å². The Kier molecular flexibility index (Phi) is 4.97. The van der Waals surface area contributed by atoms with Crippen LogP contribution in [0.15, 0.2) is 21.6 Å². The molecule has 1 aromatic rings.